The number of carbonyl (C=O) groups excluding carboxylic acids is 1. The highest BCUT2D eigenvalue weighted by molar-refractivity contribution is 5.80. The maximum Gasteiger partial charge on any atom is 0.274 e. The third-order valence-electron chi connectivity index (χ3n) is 6.02. The van der Waals surface area contributed by atoms with Gasteiger partial charge in [-0.05, 0) is 43.4 Å². The first-order valence-corrected chi connectivity index (χ1v) is 10.4. The molecule has 4 rings (SSSR count). The molecule has 0 unspecified atom stereocenters. The number of benzene rings is 2. The molecule has 1 aliphatic heterocycles. The van der Waals surface area contributed by atoms with Crippen molar-refractivity contribution in [1.29, 1.82) is 0 Å². The molecule has 7 nitrogen and oxygen atoms in total. The van der Waals surface area contributed by atoms with Gasteiger partial charge in [-0.25, -0.2) is 0 Å². The summed E-state index contributed by atoms with van der Waals surface area (Å²) in [4.78, 5) is 25.2. The van der Waals surface area contributed by atoms with Crippen LogP contribution in [0.25, 0.3) is 0 Å². The van der Waals surface area contributed by atoms with E-state index in [1.54, 1.807) is 30.2 Å². The summed E-state index contributed by atoms with van der Waals surface area (Å²) in [5, 5.41) is 11.3. The Balaban J connectivity index is 1.50. The van der Waals surface area contributed by atoms with Crippen molar-refractivity contribution >= 4 is 11.6 Å². The van der Waals surface area contributed by atoms with Crippen LogP contribution in [-0.4, -0.2) is 35.5 Å². The molecule has 1 atom stereocenters. The fourth-order valence-corrected chi connectivity index (χ4v) is 4.40. The summed E-state index contributed by atoms with van der Waals surface area (Å²) in [6.45, 7) is 0.772. The largest absolute Gasteiger partial charge is 0.493 e. The lowest BCUT2D eigenvalue weighted by atomic mass is 9.98. The highest BCUT2D eigenvalue weighted by Crippen LogP contribution is 2.37. The van der Waals surface area contributed by atoms with Crippen LogP contribution < -0.4 is 9.47 Å². The summed E-state index contributed by atoms with van der Waals surface area (Å²) in [6, 6.07) is 12.4. The minimum atomic E-state index is -0.399. The van der Waals surface area contributed by atoms with Crippen LogP contribution in [0.3, 0.4) is 0 Å². The smallest absolute Gasteiger partial charge is 0.274 e. The molecule has 0 aromatic heterocycles. The molecule has 2 aromatic carbocycles. The molecule has 0 spiro atoms. The van der Waals surface area contributed by atoms with Gasteiger partial charge in [0.2, 0.25) is 5.91 Å². The highest BCUT2D eigenvalue weighted by atomic mass is 16.6. The van der Waals surface area contributed by atoms with Crippen molar-refractivity contribution in [1.82, 2.24) is 4.90 Å². The van der Waals surface area contributed by atoms with Crippen LogP contribution in [0.1, 0.15) is 49.1 Å². The number of nitrogens with zero attached hydrogens (tertiary/aromatic N) is 2. The predicted octanol–water partition coefficient (Wildman–Crippen LogP) is 4.44. The van der Waals surface area contributed by atoms with Crippen LogP contribution in [0.15, 0.2) is 42.5 Å². The topological polar surface area (TPSA) is 81.9 Å². The van der Waals surface area contributed by atoms with Crippen molar-refractivity contribution in [3.8, 4) is 11.5 Å². The van der Waals surface area contributed by atoms with E-state index in [9.17, 15) is 14.9 Å². The zero-order valence-electron chi connectivity index (χ0n) is 17.1. The van der Waals surface area contributed by atoms with Crippen molar-refractivity contribution in [2.45, 2.75) is 50.7 Å². The number of likely N-dealkylation sites (tertiary alicyclic amines) is 1. The molecule has 1 amide bonds. The first-order valence-electron chi connectivity index (χ1n) is 10.4. The van der Waals surface area contributed by atoms with Crippen molar-refractivity contribution in [3.63, 3.8) is 0 Å². The molecular weight excluding hydrogens is 384 g/mol. The summed E-state index contributed by atoms with van der Waals surface area (Å²) in [6.07, 6.45) is 5.08. The van der Waals surface area contributed by atoms with Crippen molar-refractivity contribution < 1.29 is 19.2 Å². The number of hydrogen-bond acceptors (Lipinski definition) is 5. The molecule has 1 aliphatic carbocycles. The zero-order chi connectivity index (χ0) is 21.1. The van der Waals surface area contributed by atoms with E-state index in [1.807, 2.05) is 18.2 Å². The standard InChI is InChI=1S/C23H26N2O5/c1-29-21-11-10-16(12-22(21)30-19-7-3-4-8-19)18-13-23(26)24(15-18)14-17-6-2-5-9-20(17)25(27)28/h2,5-6,9-12,18-19H,3-4,7-8,13-15H2,1H3/t18-/m1/s1. The first-order chi connectivity index (χ1) is 14.5. The van der Waals surface area contributed by atoms with Gasteiger partial charge in [0, 0.05) is 30.5 Å². The molecule has 0 radical (unpaired) electrons. The van der Waals surface area contributed by atoms with Gasteiger partial charge in [-0.2, -0.15) is 0 Å². The molecule has 2 aromatic rings. The second-order valence-corrected chi connectivity index (χ2v) is 8.00. The fraction of sp³-hybridized carbons (Fsp3) is 0.435. The Morgan fingerprint density at radius 3 is 2.63 bits per heavy atom. The second-order valence-electron chi connectivity index (χ2n) is 8.00. The third kappa shape index (κ3) is 4.25. The van der Waals surface area contributed by atoms with Gasteiger partial charge < -0.3 is 14.4 Å². The molecule has 158 valence electrons. The molecule has 1 saturated carbocycles. The molecule has 0 N–H and O–H groups in total. The number of nitro groups is 1. The number of nitro benzene ring substituents is 1. The van der Waals surface area contributed by atoms with Gasteiger partial charge in [0.25, 0.3) is 5.69 Å². The number of rotatable bonds is 7. The van der Waals surface area contributed by atoms with Crippen LogP contribution >= 0.6 is 0 Å². The van der Waals surface area contributed by atoms with Gasteiger partial charge in [0.05, 0.1) is 24.7 Å². The Labute approximate surface area is 175 Å². The number of carbonyl (C=O) groups is 1. The van der Waals surface area contributed by atoms with E-state index in [0.717, 1.165) is 24.2 Å². The van der Waals surface area contributed by atoms with E-state index in [-0.39, 0.29) is 30.2 Å². The second kappa shape index (κ2) is 8.73. The minimum Gasteiger partial charge on any atom is -0.493 e. The molecule has 2 fully saturated rings. The average Bonchev–Trinajstić information content (AvgIpc) is 3.38. The monoisotopic (exact) mass is 410 g/mol. The van der Waals surface area contributed by atoms with Crippen LogP contribution in [0, 0.1) is 10.1 Å². The third-order valence-corrected chi connectivity index (χ3v) is 6.02. The Morgan fingerprint density at radius 2 is 1.90 bits per heavy atom. The minimum absolute atomic E-state index is 0.00669. The normalized spacial score (nSPS) is 19.3. The quantitative estimate of drug-likeness (QED) is 0.498. The molecule has 1 heterocycles. The van der Waals surface area contributed by atoms with Gasteiger partial charge in [-0.1, -0.05) is 24.3 Å². The lowest BCUT2D eigenvalue weighted by Gasteiger charge is -2.19. The van der Waals surface area contributed by atoms with Crippen molar-refractivity contribution in [2.75, 3.05) is 13.7 Å². The molecule has 30 heavy (non-hydrogen) atoms. The lowest BCUT2D eigenvalue weighted by Crippen LogP contribution is -2.24. The maximum absolute atomic E-state index is 12.6. The van der Waals surface area contributed by atoms with Crippen molar-refractivity contribution in [3.05, 3.63) is 63.7 Å². The Morgan fingerprint density at radius 1 is 1.13 bits per heavy atom. The summed E-state index contributed by atoms with van der Waals surface area (Å²) in [5.74, 6) is 1.46. The van der Waals surface area contributed by atoms with E-state index in [4.69, 9.17) is 9.47 Å². The van der Waals surface area contributed by atoms with E-state index in [0.29, 0.717) is 24.3 Å². The highest BCUT2D eigenvalue weighted by Gasteiger charge is 2.32. The van der Waals surface area contributed by atoms with E-state index in [1.165, 1.54) is 18.9 Å². The first kappa shape index (κ1) is 20.2. The predicted molar refractivity (Wildman–Crippen MR) is 112 cm³/mol. The van der Waals surface area contributed by atoms with Gasteiger partial charge >= 0.3 is 0 Å². The Hall–Kier alpha value is -3.09. The van der Waals surface area contributed by atoms with Gasteiger partial charge in [-0.15, -0.1) is 0 Å². The number of ether oxygens (including phenoxy) is 2. The zero-order valence-corrected chi connectivity index (χ0v) is 17.1. The maximum atomic E-state index is 12.6. The number of para-hydroxylation sites is 1. The SMILES string of the molecule is COc1ccc([C@@H]2CC(=O)N(Cc3ccccc3[N+](=O)[O-])C2)cc1OC1CCCC1. The molecule has 1 saturated heterocycles. The lowest BCUT2D eigenvalue weighted by molar-refractivity contribution is -0.385. The molecule has 2 aliphatic rings. The summed E-state index contributed by atoms with van der Waals surface area (Å²) in [7, 11) is 1.63. The van der Waals surface area contributed by atoms with Gasteiger partial charge in [-0.3, -0.25) is 14.9 Å². The van der Waals surface area contributed by atoms with Gasteiger partial charge in [0.15, 0.2) is 11.5 Å². The number of methoxy groups -OCH3 is 1. The molecular formula is C23H26N2O5. The summed E-state index contributed by atoms with van der Waals surface area (Å²) in [5.41, 5.74) is 1.63. The van der Waals surface area contributed by atoms with Crippen LogP contribution in [0.2, 0.25) is 0 Å². The average molecular weight is 410 g/mol. The van der Waals surface area contributed by atoms with E-state index >= 15 is 0 Å². The van der Waals surface area contributed by atoms with Crippen molar-refractivity contribution in [2.24, 2.45) is 0 Å². The van der Waals surface area contributed by atoms with E-state index in [2.05, 4.69) is 0 Å². The summed E-state index contributed by atoms with van der Waals surface area (Å²) < 4.78 is 11.7. The molecule has 7 heteroatoms. The van der Waals surface area contributed by atoms with E-state index < -0.39 is 4.92 Å². The van der Waals surface area contributed by atoms with Crippen LogP contribution in [0.5, 0.6) is 11.5 Å². The van der Waals surface area contributed by atoms with Crippen LogP contribution in [-0.2, 0) is 11.3 Å². The molecule has 0 bridgehead atoms. The Bertz CT molecular complexity index is 939. The Kier molecular flexibility index (Phi) is 5.88. The van der Waals surface area contributed by atoms with Crippen LogP contribution in [0.4, 0.5) is 5.69 Å². The number of hydrogen-bond donors (Lipinski definition) is 0. The summed E-state index contributed by atoms with van der Waals surface area (Å²) >= 11 is 0. The van der Waals surface area contributed by atoms with Gasteiger partial charge in [0.1, 0.15) is 0 Å². The number of amides is 1. The fourth-order valence-electron chi connectivity index (χ4n) is 4.40.